The Balaban J connectivity index is 2.33. The Kier molecular flexibility index (Phi) is 3.96. The van der Waals surface area contributed by atoms with Crippen molar-refractivity contribution in [2.75, 3.05) is 10.6 Å². The van der Waals surface area contributed by atoms with Crippen molar-refractivity contribution in [2.24, 2.45) is 0 Å². The molecule has 1 aromatic heterocycles. The van der Waals surface area contributed by atoms with Crippen molar-refractivity contribution in [3.05, 3.63) is 10.7 Å². The Hall–Kier alpha value is -2.05. The summed E-state index contributed by atoms with van der Waals surface area (Å²) in [5.41, 5.74) is -0.534. The molecule has 1 unspecified atom stereocenters. The minimum absolute atomic E-state index is 0.0875. The van der Waals surface area contributed by atoms with Gasteiger partial charge in [0.15, 0.2) is 11.0 Å². The topological polar surface area (TPSA) is 97.4 Å². The summed E-state index contributed by atoms with van der Waals surface area (Å²) in [7, 11) is 0. The fraction of sp³-hybridized carbons (Fsp3) is 0.538. The van der Waals surface area contributed by atoms with E-state index in [4.69, 9.17) is 16.9 Å². The first-order chi connectivity index (χ1) is 9.51. The van der Waals surface area contributed by atoms with Gasteiger partial charge in [0, 0.05) is 6.04 Å². The Bertz CT molecular complexity index is 598. The van der Waals surface area contributed by atoms with Crippen LogP contribution in [0.25, 0.3) is 0 Å². The Morgan fingerprint density at radius 2 is 2.10 bits per heavy atom. The number of nitrogens with zero attached hydrogens (tertiary/aromatic N) is 4. The molecule has 104 valence electrons. The van der Waals surface area contributed by atoms with Crippen LogP contribution in [0.15, 0.2) is 0 Å². The molecule has 0 amide bonds. The van der Waals surface area contributed by atoms with Crippen molar-refractivity contribution in [1.82, 2.24) is 9.97 Å². The second-order valence-corrected chi connectivity index (χ2v) is 5.37. The van der Waals surface area contributed by atoms with Gasteiger partial charge < -0.3 is 10.6 Å². The summed E-state index contributed by atoms with van der Waals surface area (Å²) in [4.78, 5) is 8.32. The number of hydrogen-bond acceptors (Lipinski definition) is 6. The average Bonchev–Trinajstić information content (AvgIpc) is 3.22. The van der Waals surface area contributed by atoms with E-state index in [2.05, 4.69) is 26.7 Å². The lowest BCUT2D eigenvalue weighted by atomic mass is 10.0. The molecule has 1 atom stereocenters. The van der Waals surface area contributed by atoms with E-state index in [1.165, 1.54) is 0 Å². The number of halogens is 1. The number of hydrogen-bond donors (Lipinski definition) is 2. The number of aromatic nitrogens is 2. The summed E-state index contributed by atoms with van der Waals surface area (Å²) in [5, 5.41) is 24.5. The van der Waals surface area contributed by atoms with Gasteiger partial charge >= 0.3 is 0 Å². The fourth-order valence-electron chi connectivity index (χ4n) is 1.56. The van der Waals surface area contributed by atoms with Crippen molar-refractivity contribution in [2.45, 2.75) is 44.7 Å². The van der Waals surface area contributed by atoms with E-state index in [9.17, 15) is 5.26 Å². The maximum absolute atomic E-state index is 9.17. The first kappa shape index (κ1) is 14.4. The van der Waals surface area contributed by atoms with Crippen LogP contribution in [-0.2, 0) is 0 Å². The minimum atomic E-state index is -0.770. The van der Waals surface area contributed by atoms with Crippen molar-refractivity contribution in [3.63, 3.8) is 0 Å². The molecule has 0 spiro atoms. The lowest BCUT2D eigenvalue weighted by molar-refractivity contribution is 0.619. The van der Waals surface area contributed by atoms with Gasteiger partial charge in [-0.2, -0.15) is 20.5 Å². The zero-order valence-corrected chi connectivity index (χ0v) is 12.1. The van der Waals surface area contributed by atoms with Gasteiger partial charge in [0.25, 0.3) is 0 Å². The molecular formula is C13H15ClN6. The molecule has 1 heterocycles. The third kappa shape index (κ3) is 3.09. The molecule has 0 aliphatic heterocycles. The highest BCUT2D eigenvalue weighted by Crippen LogP contribution is 2.29. The first-order valence-corrected chi connectivity index (χ1v) is 6.82. The van der Waals surface area contributed by atoms with Gasteiger partial charge in [-0.3, -0.25) is 0 Å². The van der Waals surface area contributed by atoms with Gasteiger partial charge in [0.05, 0.1) is 6.07 Å². The van der Waals surface area contributed by atoms with Crippen LogP contribution in [0.3, 0.4) is 0 Å². The smallest absolute Gasteiger partial charge is 0.227 e. The van der Waals surface area contributed by atoms with E-state index in [-0.39, 0.29) is 16.7 Å². The molecule has 6 nitrogen and oxygen atoms in total. The summed E-state index contributed by atoms with van der Waals surface area (Å²) < 4.78 is 0. The molecule has 0 aromatic carbocycles. The largest absolute Gasteiger partial charge is 0.366 e. The summed E-state index contributed by atoms with van der Waals surface area (Å²) in [5.74, 6) is 0.678. The highest BCUT2D eigenvalue weighted by Gasteiger charge is 2.26. The van der Waals surface area contributed by atoms with Gasteiger partial charge in [0.1, 0.15) is 17.2 Å². The zero-order valence-electron chi connectivity index (χ0n) is 11.4. The molecule has 0 saturated heterocycles. The van der Waals surface area contributed by atoms with Crippen molar-refractivity contribution in [1.29, 1.82) is 10.5 Å². The van der Waals surface area contributed by atoms with Gasteiger partial charge in [0.2, 0.25) is 5.95 Å². The first-order valence-electron chi connectivity index (χ1n) is 6.45. The molecule has 1 aromatic rings. The van der Waals surface area contributed by atoms with Gasteiger partial charge in [-0.15, -0.1) is 0 Å². The number of rotatable bonds is 5. The van der Waals surface area contributed by atoms with Crippen molar-refractivity contribution in [3.8, 4) is 12.1 Å². The predicted molar refractivity (Wildman–Crippen MR) is 76.3 cm³/mol. The highest BCUT2D eigenvalue weighted by atomic mass is 35.5. The molecule has 2 N–H and O–H groups in total. The van der Waals surface area contributed by atoms with Crippen LogP contribution in [0.4, 0.5) is 11.8 Å². The molecule has 1 fully saturated rings. The Morgan fingerprint density at radius 1 is 1.40 bits per heavy atom. The molecule has 1 saturated carbocycles. The molecule has 1 aliphatic carbocycles. The van der Waals surface area contributed by atoms with Crippen molar-refractivity contribution < 1.29 is 0 Å². The summed E-state index contributed by atoms with van der Waals surface area (Å²) in [6.07, 6.45) is 2.70. The van der Waals surface area contributed by atoms with E-state index < -0.39 is 5.54 Å². The minimum Gasteiger partial charge on any atom is -0.366 e. The summed E-state index contributed by atoms with van der Waals surface area (Å²) >= 11 is 6.02. The highest BCUT2D eigenvalue weighted by molar-refractivity contribution is 6.31. The molecule has 0 bridgehead atoms. The Morgan fingerprint density at radius 3 is 2.60 bits per heavy atom. The van der Waals surface area contributed by atoms with E-state index in [0.717, 1.165) is 12.8 Å². The van der Waals surface area contributed by atoms with E-state index in [0.29, 0.717) is 18.3 Å². The third-order valence-electron chi connectivity index (χ3n) is 3.24. The van der Waals surface area contributed by atoms with E-state index in [1.807, 2.05) is 13.0 Å². The summed E-state index contributed by atoms with van der Waals surface area (Å²) in [6, 6.07) is 4.52. The summed E-state index contributed by atoms with van der Waals surface area (Å²) in [6.45, 7) is 3.65. The fourth-order valence-corrected chi connectivity index (χ4v) is 1.77. The average molecular weight is 291 g/mol. The zero-order chi connectivity index (χ0) is 14.8. The number of nitriles is 2. The Labute approximate surface area is 122 Å². The van der Waals surface area contributed by atoms with Gasteiger partial charge in [-0.25, -0.2) is 0 Å². The van der Waals surface area contributed by atoms with E-state index in [1.54, 1.807) is 6.92 Å². The number of anilines is 2. The standard InChI is InChI=1S/C13H15ClN6/c1-3-13(2,7-16)20-12-18-10(14)9(6-15)11(19-12)17-8-4-5-8/h8H,3-5H2,1-2H3,(H2,17,18,19,20). The van der Waals surface area contributed by atoms with Gasteiger partial charge in [-0.1, -0.05) is 18.5 Å². The van der Waals surface area contributed by atoms with Crippen LogP contribution in [0.2, 0.25) is 5.15 Å². The van der Waals surface area contributed by atoms with Crippen LogP contribution >= 0.6 is 11.6 Å². The molecular weight excluding hydrogens is 276 g/mol. The quantitative estimate of drug-likeness (QED) is 0.809. The van der Waals surface area contributed by atoms with Gasteiger partial charge in [-0.05, 0) is 26.2 Å². The third-order valence-corrected chi connectivity index (χ3v) is 3.51. The van der Waals surface area contributed by atoms with Crippen LogP contribution in [0, 0.1) is 22.7 Å². The van der Waals surface area contributed by atoms with Crippen LogP contribution in [0.1, 0.15) is 38.7 Å². The predicted octanol–water partition coefficient (Wildman–Crippen LogP) is 2.68. The molecule has 7 heteroatoms. The maximum Gasteiger partial charge on any atom is 0.227 e. The van der Waals surface area contributed by atoms with Crippen LogP contribution < -0.4 is 10.6 Å². The lowest BCUT2D eigenvalue weighted by Gasteiger charge is -2.21. The molecule has 20 heavy (non-hydrogen) atoms. The second kappa shape index (κ2) is 5.52. The lowest BCUT2D eigenvalue weighted by Crippen LogP contribution is -2.33. The normalized spacial score (nSPS) is 16.6. The van der Waals surface area contributed by atoms with E-state index >= 15 is 0 Å². The number of nitrogens with one attached hydrogen (secondary N) is 2. The van der Waals surface area contributed by atoms with Crippen molar-refractivity contribution >= 4 is 23.4 Å². The maximum atomic E-state index is 9.17. The SMILES string of the molecule is CCC(C)(C#N)Nc1nc(Cl)c(C#N)c(NC2CC2)n1. The monoisotopic (exact) mass is 290 g/mol. The molecule has 0 radical (unpaired) electrons. The molecule has 1 aliphatic rings. The molecule has 2 rings (SSSR count). The van der Waals surface area contributed by atoms with Crippen LogP contribution in [0.5, 0.6) is 0 Å². The van der Waals surface area contributed by atoms with Crippen LogP contribution in [-0.4, -0.2) is 21.5 Å². The second-order valence-electron chi connectivity index (χ2n) is 5.01.